The summed E-state index contributed by atoms with van der Waals surface area (Å²) in [5, 5.41) is 2.87. The number of hydrogen-bond acceptors (Lipinski definition) is 4. The molecule has 5 heteroatoms. The molecule has 0 spiro atoms. The third-order valence-electron chi connectivity index (χ3n) is 3.17. The molecule has 1 saturated heterocycles. The van der Waals surface area contributed by atoms with E-state index in [0.29, 0.717) is 23.6 Å². The van der Waals surface area contributed by atoms with Gasteiger partial charge in [-0.3, -0.25) is 4.79 Å². The normalized spacial score (nSPS) is 18.1. The van der Waals surface area contributed by atoms with Crippen LogP contribution in [0.3, 0.4) is 0 Å². The minimum absolute atomic E-state index is 0.115. The van der Waals surface area contributed by atoms with Gasteiger partial charge in [0.25, 0.3) is 5.91 Å². The molecule has 1 aromatic carbocycles. The molecule has 104 valence electrons. The van der Waals surface area contributed by atoms with Crippen molar-refractivity contribution in [2.45, 2.75) is 18.9 Å². The molecule has 19 heavy (non-hydrogen) atoms. The van der Waals surface area contributed by atoms with Crippen LogP contribution >= 0.6 is 0 Å². The number of benzene rings is 1. The Morgan fingerprint density at radius 2 is 2.05 bits per heavy atom. The maximum Gasteiger partial charge on any atom is 0.258 e. The number of nitrogens with one attached hydrogen (secondary N) is 1. The highest BCUT2D eigenvalue weighted by Gasteiger charge is 2.21. The largest absolute Gasteiger partial charge is 0.496 e. The van der Waals surface area contributed by atoms with Gasteiger partial charge in [-0.2, -0.15) is 0 Å². The Balaban J connectivity index is 2.08. The molecular weight excluding hydrogens is 246 g/mol. The maximum atomic E-state index is 12.2. The zero-order chi connectivity index (χ0) is 13.7. The fraction of sp³-hybridized carbons (Fsp3) is 0.500. The average molecular weight is 265 g/mol. The molecule has 0 aliphatic carbocycles. The van der Waals surface area contributed by atoms with E-state index in [1.54, 1.807) is 18.2 Å². The smallest absolute Gasteiger partial charge is 0.258 e. The Hall–Kier alpha value is -1.75. The van der Waals surface area contributed by atoms with Gasteiger partial charge in [-0.25, -0.2) is 0 Å². The van der Waals surface area contributed by atoms with Gasteiger partial charge in [0.05, 0.1) is 20.3 Å². The summed E-state index contributed by atoms with van der Waals surface area (Å²) in [5.41, 5.74) is 0.422. The number of carbonyl (C=O) groups is 1. The monoisotopic (exact) mass is 265 g/mol. The first-order valence-electron chi connectivity index (χ1n) is 6.37. The first-order chi connectivity index (χ1) is 9.26. The fourth-order valence-electron chi connectivity index (χ4n) is 2.18. The van der Waals surface area contributed by atoms with Gasteiger partial charge >= 0.3 is 0 Å². The van der Waals surface area contributed by atoms with E-state index in [0.717, 1.165) is 19.4 Å². The van der Waals surface area contributed by atoms with Gasteiger partial charge in [0.1, 0.15) is 17.1 Å². The number of amides is 1. The van der Waals surface area contributed by atoms with Crippen molar-refractivity contribution < 1.29 is 19.0 Å². The first-order valence-corrected chi connectivity index (χ1v) is 6.37. The highest BCUT2D eigenvalue weighted by atomic mass is 16.5. The van der Waals surface area contributed by atoms with Crippen LogP contribution in [0, 0.1) is 0 Å². The number of ether oxygens (including phenoxy) is 3. The molecule has 1 amide bonds. The maximum absolute atomic E-state index is 12.2. The molecule has 1 aromatic rings. The molecule has 1 fully saturated rings. The zero-order valence-corrected chi connectivity index (χ0v) is 11.3. The van der Waals surface area contributed by atoms with Gasteiger partial charge in [-0.15, -0.1) is 0 Å². The van der Waals surface area contributed by atoms with E-state index in [2.05, 4.69) is 5.32 Å². The van der Waals surface area contributed by atoms with Crippen molar-refractivity contribution in [1.29, 1.82) is 0 Å². The number of hydrogen-bond donors (Lipinski definition) is 1. The van der Waals surface area contributed by atoms with Crippen molar-refractivity contribution in [3.63, 3.8) is 0 Å². The SMILES string of the molecule is COc1cccc(OC)c1C(=O)NC[C@H]1CCCO1. The molecule has 1 atom stereocenters. The van der Waals surface area contributed by atoms with E-state index in [1.165, 1.54) is 14.2 Å². The van der Waals surface area contributed by atoms with Crippen LogP contribution in [-0.2, 0) is 4.74 Å². The molecule has 1 N–H and O–H groups in total. The molecular formula is C14H19NO4. The summed E-state index contributed by atoms with van der Waals surface area (Å²) < 4.78 is 15.9. The molecule has 1 aliphatic rings. The van der Waals surface area contributed by atoms with Crippen LogP contribution in [0.1, 0.15) is 23.2 Å². The second kappa shape index (κ2) is 6.43. The van der Waals surface area contributed by atoms with E-state index in [4.69, 9.17) is 14.2 Å². The quantitative estimate of drug-likeness (QED) is 0.878. The zero-order valence-electron chi connectivity index (χ0n) is 11.3. The summed E-state index contributed by atoms with van der Waals surface area (Å²) in [4.78, 5) is 12.2. The van der Waals surface area contributed by atoms with Crippen LogP contribution in [0.5, 0.6) is 11.5 Å². The second-order valence-electron chi connectivity index (χ2n) is 4.38. The summed E-state index contributed by atoms with van der Waals surface area (Å²) in [7, 11) is 3.07. The highest BCUT2D eigenvalue weighted by molar-refractivity contribution is 5.99. The molecule has 0 saturated carbocycles. The van der Waals surface area contributed by atoms with Crippen molar-refractivity contribution >= 4 is 5.91 Å². The molecule has 0 aromatic heterocycles. The molecule has 5 nitrogen and oxygen atoms in total. The lowest BCUT2D eigenvalue weighted by Gasteiger charge is -2.14. The summed E-state index contributed by atoms with van der Waals surface area (Å²) in [6, 6.07) is 5.27. The summed E-state index contributed by atoms with van der Waals surface area (Å²) in [5.74, 6) is 0.804. The van der Waals surface area contributed by atoms with Crippen LogP contribution in [0.2, 0.25) is 0 Å². The molecule has 2 rings (SSSR count). The van der Waals surface area contributed by atoms with E-state index in [-0.39, 0.29) is 12.0 Å². The third-order valence-corrected chi connectivity index (χ3v) is 3.17. The predicted molar refractivity (Wildman–Crippen MR) is 70.9 cm³/mol. The lowest BCUT2D eigenvalue weighted by atomic mass is 10.1. The van der Waals surface area contributed by atoms with Crippen molar-refractivity contribution in [1.82, 2.24) is 5.32 Å². The van der Waals surface area contributed by atoms with Gasteiger partial charge in [0.15, 0.2) is 0 Å². The molecule has 1 aliphatic heterocycles. The second-order valence-corrected chi connectivity index (χ2v) is 4.38. The Morgan fingerprint density at radius 1 is 1.37 bits per heavy atom. The topological polar surface area (TPSA) is 56.8 Å². The number of carbonyl (C=O) groups excluding carboxylic acids is 1. The lowest BCUT2D eigenvalue weighted by molar-refractivity contribution is 0.0852. The van der Waals surface area contributed by atoms with E-state index < -0.39 is 0 Å². The van der Waals surface area contributed by atoms with Crippen LogP contribution < -0.4 is 14.8 Å². The standard InChI is InChI=1S/C14H19NO4/c1-17-11-6-3-7-12(18-2)13(11)14(16)15-9-10-5-4-8-19-10/h3,6-7,10H,4-5,8-9H2,1-2H3,(H,15,16)/t10-/m1/s1. The van der Waals surface area contributed by atoms with Crippen LogP contribution in [0.25, 0.3) is 0 Å². The Kier molecular flexibility index (Phi) is 4.63. The lowest BCUT2D eigenvalue weighted by Crippen LogP contribution is -2.32. The summed E-state index contributed by atoms with van der Waals surface area (Å²) in [6.07, 6.45) is 2.16. The Morgan fingerprint density at radius 3 is 2.58 bits per heavy atom. The summed E-state index contributed by atoms with van der Waals surface area (Å²) >= 11 is 0. The predicted octanol–water partition coefficient (Wildman–Crippen LogP) is 1.61. The molecule has 0 unspecified atom stereocenters. The van der Waals surface area contributed by atoms with Crippen molar-refractivity contribution in [2.24, 2.45) is 0 Å². The summed E-state index contributed by atoms with van der Waals surface area (Å²) in [6.45, 7) is 1.29. The van der Waals surface area contributed by atoms with Gasteiger partial charge in [-0.05, 0) is 25.0 Å². The number of rotatable bonds is 5. The van der Waals surface area contributed by atoms with Crippen LogP contribution in [0.4, 0.5) is 0 Å². The van der Waals surface area contributed by atoms with Gasteiger partial charge in [0, 0.05) is 13.2 Å². The minimum atomic E-state index is -0.204. The van der Waals surface area contributed by atoms with Crippen LogP contribution in [-0.4, -0.2) is 39.4 Å². The van der Waals surface area contributed by atoms with Gasteiger partial charge in [0.2, 0.25) is 0 Å². The minimum Gasteiger partial charge on any atom is -0.496 e. The van der Waals surface area contributed by atoms with Crippen LogP contribution in [0.15, 0.2) is 18.2 Å². The van der Waals surface area contributed by atoms with E-state index >= 15 is 0 Å². The Labute approximate surface area is 112 Å². The fourth-order valence-corrected chi connectivity index (χ4v) is 2.18. The Bertz CT molecular complexity index is 419. The number of methoxy groups -OCH3 is 2. The van der Waals surface area contributed by atoms with Crippen molar-refractivity contribution in [2.75, 3.05) is 27.4 Å². The van der Waals surface area contributed by atoms with E-state index in [1.807, 2.05) is 0 Å². The molecule has 0 bridgehead atoms. The van der Waals surface area contributed by atoms with E-state index in [9.17, 15) is 4.79 Å². The van der Waals surface area contributed by atoms with Gasteiger partial charge < -0.3 is 19.5 Å². The first kappa shape index (κ1) is 13.7. The molecule has 0 radical (unpaired) electrons. The third kappa shape index (κ3) is 3.17. The van der Waals surface area contributed by atoms with Crippen molar-refractivity contribution in [3.05, 3.63) is 23.8 Å². The average Bonchev–Trinajstić information content (AvgIpc) is 2.97. The highest BCUT2D eigenvalue weighted by Crippen LogP contribution is 2.28. The van der Waals surface area contributed by atoms with Crippen molar-refractivity contribution in [3.8, 4) is 11.5 Å². The van der Waals surface area contributed by atoms with Gasteiger partial charge in [-0.1, -0.05) is 6.07 Å². The molecule has 1 heterocycles.